The van der Waals surface area contributed by atoms with Crippen molar-refractivity contribution in [2.24, 2.45) is 5.41 Å². The van der Waals surface area contributed by atoms with Crippen molar-refractivity contribution in [1.29, 1.82) is 0 Å². The highest BCUT2D eigenvalue weighted by atomic mass is 19.1. The monoisotopic (exact) mass is 603 g/mol. The number of hydrogen-bond acceptors (Lipinski definition) is 10. The van der Waals surface area contributed by atoms with Crippen LogP contribution in [0.5, 0.6) is 17.6 Å². The molecular weight excluding hydrogens is 565 g/mol. The first-order valence-corrected chi connectivity index (χ1v) is 15.4. The third-order valence-electron chi connectivity index (χ3n) is 9.62. The Kier molecular flexibility index (Phi) is 7.63. The van der Waals surface area contributed by atoms with Gasteiger partial charge in [0, 0.05) is 30.1 Å². The minimum atomic E-state index is -0.760. The number of piperidine rings is 1. The fourth-order valence-corrected chi connectivity index (χ4v) is 7.58. The van der Waals surface area contributed by atoms with Gasteiger partial charge in [0.25, 0.3) is 0 Å². The van der Waals surface area contributed by atoms with Crippen molar-refractivity contribution in [2.45, 2.75) is 44.2 Å². The first kappa shape index (κ1) is 28.9. The minimum Gasteiger partial charge on any atom is -0.508 e. The van der Waals surface area contributed by atoms with E-state index in [1.54, 1.807) is 6.07 Å². The van der Waals surface area contributed by atoms with Crippen LogP contribution in [0.3, 0.4) is 0 Å². The number of aromatic hydroxyl groups is 1. The smallest absolute Gasteiger partial charge is 0.319 e. The molecule has 4 heterocycles. The normalized spacial score (nSPS) is 24.4. The zero-order valence-corrected chi connectivity index (χ0v) is 25.1. The van der Waals surface area contributed by atoms with Crippen molar-refractivity contribution in [2.75, 3.05) is 58.5 Å². The van der Waals surface area contributed by atoms with Crippen LogP contribution in [-0.2, 0) is 4.74 Å². The summed E-state index contributed by atoms with van der Waals surface area (Å²) >= 11 is 0. The Hall–Kier alpha value is -3.80. The summed E-state index contributed by atoms with van der Waals surface area (Å²) in [4.78, 5) is 18.4. The zero-order valence-electron chi connectivity index (χ0n) is 25.1. The van der Waals surface area contributed by atoms with Crippen molar-refractivity contribution >= 4 is 27.5 Å². The van der Waals surface area contributed by atoms with Crippen LogP contribution < -0.4 is 14.4 Å². The molecule has 0 spiro atoms. The average Bonchev–Trinajstić information content (AvgIpc) is 3.35. The number of aromatic nitrogens is 3. The SMILES string of the molecule is COc1nc(-c2cc(O)cc3ccccc23)c(F)c2nc(OCC34CCCC3N(C)CCC4)nc(N3CCOCC(O)C3)c12. The number of β-amino-alcohol motifs (C(OH)–C–C–N with tert-alkyl or cyclic N) is 1. The van der Waals surface area contributed by atoms with Crippen LogP contribution in [0.2, 0.25) is 0 Å². The lowest BCUT2D eigenvalue weighted by Gasteiger charge is -2.44. The van der Waals surface area contributed by atoms with Gasteiger partial charge in [-0.05, 0) is 62.2 Å². The lowest BCUT2D eigenvalue weighted by atomic mass is 9.76. The molecule has 2 saturated heterocycles. The maximum atomic E-state index is 16.8. The molecule has 2 aromatic heterocycles. The first-order valence-electron chi connectivity index (χ1n) is 15.4. The number of aliphatic hydroxyl groups excluding tert-OH is 1. The van der Waals surface area contributed by atoms with E-state index >= 15 is 4.39 Å². The summed E-state index contributed by atoms with van der Waals surface area (Å²) in [7, 11) is 3.65. The second kappa shape index (κ2) is 11.6. The number of fused-ring (bicyclic) bond motifs is 3. The number of likely N-dealkylation sites (tertiary alicyclic amines) is 1. The number of rotatable bonds is 6. The van der Waals surface area contributed by atoms with Crippen LogP contribution in [0.4, 0.5) is 10.2 Å². The van der Waals surface area contributed by atoms with E-state index in [2.05, 4.69) is 21.9 Å². The molecule has 0 amide bonds. The molecule has 3 unspecified atom stereocenters. The molecule has 3 aliphatic rings. The van der Waals surface area contributed by atoms with Crippen LogP contribution in [0.25, 0.3) is 32.9 Å². The Bertz CT molecular complexity index is 1710. The molecule has 0 bridgehead atoms. The third kappa shape index (κ3) is 5.06. The summed E-state index contributed by atoms with van der Waals surface area (Å²) in [5, 5.41) is 22.9. The van der Waals surface area contributed by atoms with Gasteiger partial charge < -0.3 is 34.2 Å². The molecule has 44 heavy (non-hydrogen) atoms. The number of aliphatic hydroxyl groups is 1. The van der Waals surface area contributed by atoms with E-state index in [1.165, 1.54) is 13.2 Å². The summed E-state index contributed by atoms with van der Waals surface area (Å²) in [6, 6.07) is 11.1. The first-order chi connectivity index (χ1) is 21.4. The Balaban J connectivity index is 1.39. The van der Waals surface area contributed by atoms with Gasteiger partial charge in [-0.25, -0.2) is 9.37 Å². The second-order valence-electron chi connectivity index (χ2n) is 12.4. The highest BCUT2D eigenvalue weighted by molar-refractivity contribution is 6.01. The molecule has 11 heteroatoms. The number of halogens is 1. The van der Waals surface area contributed by atoms with Gasteiger partial charge in [0.15, 0.2) is 5.82 Å². The quantitative estimate of drug-likeness (QED) is 0.326. The van der Waals surface area contributed by atoms with E-state index in [0.717, 1.165) is 49.4 Å². The molecule has 2 aromatic carbocycles. The average molecular weight is 604 g/mol. The van der Waals surface area contributed by atoms with Gasteiger partial charge in [-0.3, -0.25) is 0 Å². The number of phenols is 1. The third-order valence-corrected chi connectivity index (χ3v) is 9.62. The minimum absolute atomic E-state index is 0.000151. The number of pyridine rings is 1. The zero-order chi connectivity index (χ0) is 30.4. The Labute approximate surface area is 255 Å². The number of nitrogens with zero attached hydrogens (tertiary/aromatic N) is 5. The Morgan fingerprint density at radius 3 is 2.82 bits per heavy atom. The molecule has 2 N–H and O–H groups in total. The Morgan fingerprint density at radius 1 is 1.11 bits per heavy atom. The van der Waals surface area contributed by atoms with Gasteiger partial charge in [-0.2, -0.15) is 9.97 Å². The molecule has 10 nitrogen and oxygen atoms in total. The lowest BCUT2D eigenvalue weighted by Crippen LogP contribution is -2.50. The van der Waals surface area contributed by atoms with E-state index in [4.69, 9.17) is 19.2 Å². The van der Waals surface area contributed by atoms with E-state index in [-0.39, 0.29) is 52.8 Å². The van der Waals surface area contributed by atoms with Crippen LogP contribution in [0.15, 0.2) is 36.4 Å². The summed E-state index contributed by atoms with van der Waals surface area (Å²) < 4.78 is 34.6. The molecule has 1 saturated carbocycles. The van der Waals surface area contributed by atoms with E-state index < -0.39 is 11.9 Å². The van der Waals surface area contributed by atoms with E-state index in [1.807, 2.05) is 29.2 Å². The van der Waals surface area contributed by atoms with Crippen molar-refractivity contribution in [3.05, 3.63) is 42.2 Å². The van der Waals surface area contributed by atoms with Gasteiger partial charge >= 0.3 is 6.01 Å². The van der Waals surface area contributed by atoms with Gasteiger partial charge in [0.1, 0.15) is 28.2 Å². The predicted octanol–water partition coefficient (Wildman–Crippen LogP) is 4.54. The lowest BCUT2D eigenvalue weighted by molar-refractivity contribution is 0.0133. The van der Waals surface area contributed by atoms with Crippen LogP contribution in [0, 0.1) is 11.2 Å². The highest BCUT2D eigenvalue weighted by Gasteiger charge is 2.47. The number of benzene rings is 2. The highest BCUT2D eigenvalue weighted by Crippen LogP contribution is 2.48. The molecular formula is C33H38FN5O5. The fourth-order valence-electron chi connectivity index (χ4n) is 7.58. The molecule has 3 atom stereocenters. The summed E-state index contributed by atoms with van der Waals surface area (Å²) in [6.45, 7) is 2.72. The van der Waals surface area contributed by atoms with Crippen LogP contribution in [-0.4, -0.2) is 95.8 Å². The van der Waals surface area contributed by atoms with Crippen molar-refractivity contribution in [1.82, 2.24) is 19.9 Å². The maximum absolute atomic E-state index is 16.8. The molecule has 2 aliphatic heterocycles. The van der Waals surface area contributed by atoms with Gasteiger partial charge in [-0.1, -0.05) is 30.7 Å². The predicted molar refractivity (Wildman–Crippen MR) is 165 cm³/mol. The van der Waals surface area contributed by atoms with Crippen LogP contribution in [0.1, 0.15) is 32.1 Å². The van der Waals surface area contributed by atoms with Crippen molar-refractivity contribution in [3.8, 4) is 28.9 Å². The molecule has 0 radical (unpaired) electrons. The van der Waals surface area contributed by atoms with Crippen molar-refractivity contribution in [3.63, 3.8) is 0 Å². The number of anilines is 1. The number of phenolic OH excluding ortho intramolecular Hbond substituents is 1. The standard InChI is InChI=1S/C33H38FN5O5/c1-38-12-6-11-33(10-5-9-25(33)38)19-44-32-36-29-26(30(37-32)39-13-14-43-18-22(41)17-39)31(42-2)35-28(27(29)34)24-16-21(40)15-20-7-3-4-8-23(20)24/h3-4,7-8,15-16,22,25,40-41H,5-6,9-14,17-19H2,1-2H3. The van der Waals surface area contributed by atoms with Gasteiger partial charge in [0.05, 0.1) is 33.0 Å². The largest absolute Gasteiger partial charge is 0.508 e. The summed E-state index contributed by atoms with van der Waals surface area (Å²) in [5.41, 5.74) is 0.412. The van der Waals surface area contributed by atoms with Gasteiger partial charge in [0.2, 0.25) is 5.88 Å². The molecule has 7 rings (SSSR count). The number of ether oxygens (including phenoxy) is 3. The summed E-state index contributed by atoms with van der Waals surface area (Å²) in [6.07, 6.45) is 4.76. The molecule has 4 aromatic rings. The van der Waals surface area contributed by atoms with E-state index in [9.17, 15) is 10.2 Å². The molecule has 1 aliphatic carbocycles. The van der Waals surface area contributed by atoms with Crippen LogP contribution >= 0.6 is 0 Å². The number of hydrogen-bond donors (Lipinski definition) is 2. The van der Waals surface area contributed by atoms with Crippen molar-refractivity contribution < 1.29 is 28.8 Å². The molecule has 232 valence electrons. The fraction of sp³-hybridized carbons (Fsp3) is 0.485. The molecule has 3 fully saturated rings. The summed E-state index contributed by atoms with van der Waals surface area (Å²) in [5.74, 6) is -0.182. The maximum Gasteiger partial charge on any atom is 0.319 e. The topological polar surface area (TPSA) is 113 Å². The number of methoxy groups -OCH3 is 1. The second-order valence-corrected chi connectivity index (χ2v) is 12.4. The Morgan fingerprint density at radius 2 is 1.95 bits per heavy atom. The van der Waals surface area contributed by atoms with E-state index in [0.29, 0.717) is 37.2 Å². The van der Waals surface area contributed by atoms with Gasteiger partial charge in [-0.15, -0.1) is 0 Å².